The fraction of sp³-hybridized carbons (Fsp3) is 0.222. The minimum absolute atomic E-state index is 0.376. The summed E-state index contributed by atoms with van der Waals surface area (Å²) in [6, 6.07) is 3.94. The van der Waals surface area contributed by atoms with Crippen molar-refractivity contribution >= 4 is 5.97 Å². The van der Waals surface area contributed by atoms with Crippen LogP contribution in [0.3, 0.4) is 0 Å². The maximum absolute atomic E-state index is 12.5. The second-order valence-corrected chi connectivity index (χ2v) is 2.86. The molecule has 0 amide bonds. The Morgan fingerprint density at radius 2 is 1.86 bits per heavy atom. The smallest absolute Gasteiger partial charge is 0.334 e. The number of hydrogen-bond acceptors (Lipinski definition) is 3. The Morgan fingerprint density at radius 1 is 1.36 bits per heavy atom. The molecule has 0 aliphatic carbocycles. The van der Waals surface area contributed by atoms with E-state index in [1.807, 2.05) is 0 Å². The van der Waals surface area contributed by atoms with Gasteiger partial charge in [-0.15, -0.1) is 0 Å². The van der Waals surface area contributed by atoms with Gasteiger partial charge in [0.15, 0.2) is 6.10 Å². The molecule has 0 aliphatic rings. The number of benzene rings is 1. The number of rotatable bonds is 3. The van der Waals surface area contributed by atoms with Crippen molar-refractivity contribution in [1.29, 1.82) is 0 Å². The summed E-state index contributed by atoms with van der Waals surface area (Å²) >= 11 is 0. The van der Waals surface area contributed by atoms with Gasteiger partial charge >= 0.3 is 5.97 Å². The molecule has 0 saturated heterocycles. The maximum Gasteiger partial charge on any atom is 0.334 e. The Kier molecular flexibility index (Phi) is 3.16. The minimum atomic E-state index is -1.68. The van der Waals surface area contributed by atoms with E-state index in [-0.39, 0.29) is 0 Å². The predicted octanol–water partition coefficient (Wildman–Crippen LogP) is 0.271. The van der Waals surface area contributed by atoms with E-state index in [1.54, 1.807) is 0 Å². The molecule has 0 bridgehead atoms. The van der Waals surface area contributed by atoms with Crippen LogP contribution < -0.4 is 5.73 Å². The van der Waals surface area contributed by atoms with Crippen molar-refractivity contribution in [3.63, 3.8) is 0 Å². The van der Waals surface area contributed by atoms with Gasteiger partial charge in [0.25, 0.3) is 0 Å². The van der Waals surface area contributed by atoms with E-state index in [0.29, 0.717) is 5.56 Å². The first kappa shape index (κ1) is 10.6. The third-order valence-electron chi connectivity index (χ3n) is 1.85. The number of aliphatic carboxylic acids is 1. The summed E-state index contributed by atoms with van der Waals surface area (Å²) in [5.74, 6) is -1.84. The largest absolute Gasteiger partial charge is 0.479 e. The highest BCUT2D eigenvalue weighted by Gasteiger charge is 2.23. The fourth-order valence-corrected chi connectivity index (χ4v) is 1.02. The van der Waals surface area contributed by atoms with E-state index in [0.717, 1.165) is 12.1 Å². The molecule has 0 spiro atoms. The lowest BCUT2D eigenvalue weighted by Gasteiger charge is -2.14. The standard InChI is InChI=1S/C9H10FNO3/c10-6-3-1-5(2-4-6)7(11)8(12)9(13)14/h1-4,7-8,12H,11H2,(H,13,14). The zero-order valence-corrected chi connectivity index (χ0v) is 7.22. The van der Waals surface area contributed by atoms with E-state index in [9.17, 15) is 9.18 Å². The quantitative estimate of drug-likeness (QED) is 0.652. The molecular weight excluding hydrogens is 189 g/mol. The third kappa shape index (κ3) is 2.27. The topological polar surface area (TPSA) is 83.5 Å². The lowest BCUT2D eigenvalue weighted by Crippen LogP contribution is -2.33. The Balaban J connectivity index is 2.84. The van der Waals surface area contributed by atoms with Crippen LogP contribution in [0.25, 0.3) is 0 Å². The highest BCUT2D eigenvalue weighted by Crippen LogP contribution is 2.14. The average molecular weight is 199 g/mol. The second kappa shape index (κ2) is 4.17. The van der Waals surface area contributed by atoms with Crippen LogP contribution in [0.5, 0.6) is 0 Å². The van der Waals surface area contributed by atoms with Crippen LogP contribution in [-0.4, -0.2) is 22.3 Å². The van der Waals surface area contributed by atoms with E-state index in [2.05, 4.69) is 0 Å². The molecule has 1 rings (SSSR count). The van der Waals surface area contributed by atoms with Gasteiger partial charge in [-0.3, -0.25) is 0 Å². The van der Waals surface area contributed by atoms with Gasteiger partial charge in [0.2, 0.25) is 0 Å². The molecule has 0 radical (unpaired) electrons. The van der Waals surface area contributed by atoms with Gasteiger partial charge in [-0.05, 0) is 17.7 Å². The summed E-state index contributed by atoms with van der Waals surface area (Å²) in [4.78, 5) is 10.4. The van der Waals surface area contributed by atoms with Crippen LogP contribution in [0.4, 0.5) is 4.39 Å². The second-order valence-electron chi connectivity index (χ2n) is 2.86. The maximum atomic E-state index is 12.5. The molecule has 0 heterocycles. The highest BCUT2D eigenvalue weighted by molar-refractivity contribution is 5.73. The van der Waals surface area contributed by atoms with Gasteiger partial charge in [0.05, 0.1) is 6.04 Å². The van der Waals surface area contributed by atoms with Crippen LogP contribution in [0, 0.1) is 5.82 Å². The summed E-state index contributed by atoms with van der Waals surface area (Å²) < 4.78 is 12.5. The van der Waals surface area contributed by atoms with Gasteiger partial charge < -0.3 is 15.9 Å². The van der Waals surface area contributed by atoms with Gasteiger partial charge in [-0.1, -0.05) is 12.1 Å². The lowest BCUT2D eigenvalue weighted by molar-refractivity contribution is -0.147. The first-order chi connectivity index (χ1) is 6.52. The number of aliphatic hydroxyl groups excluding tert-OH is 1. The molecule has 4 N–H and O–H groups in total. The number of hydrogen-bond donors (Lipinski definition) is 3. The van der Waals surface area contributed by atoms with Crippen LogP contribution >= 0.6 is 0 Å². The Bertz CT molecular complexity index is 325. The number of carboxylic acid groups (broad SMARTS) is 1. The Morgan fingerprint density at radius 3 is 2.29 bits per heavy atom. The number of carbonyl (C=O) groups is 1. The van der Waals surface area contributed by atoms with Crippen molar-refractivity contribution in [1.82, 2.24) is 0 Å². The summed E-state index contributed by atoms with van der Waals surface area (Å²) in [7, 11) is 0. The lowest BCUT2D eigenvalue weighted by atomic mass is 10.0. The molecule has 5 heteroatoms. The molecule has 2 atom stereocenters. The fourth-order valence-electron chi connectivity index (χ4n) is 1.02. The van der Waals surface area contributed by atoms with Gasteiger partial charge in [0, 0.05) is 0 Å². The predicted molar refractivity (Wildman–Crippen MR) is 47.0 cm³/mol. The summed E-state index contributed by atoms with van der Waals surface area (Å²) in [6.07, 6.45) is -1.68. The van der Waals surface area contributed by atoms with Gasteiger partial charge in [0.1, 0.15) is 5.82 Å². The normalized spacial score (nSPS) is 14.8. The van der Waals surface area contributed by atoms with Crippen LogP contribution in [0.1, 0.15) is 11.6 Å². The Hall–Kier alpha value is -1.46. The molecule has 0 aliphatic heterocycles. The molecule has 1 aromatic rings. The zero-order chi connectivity index (χ0) is 10.7. The Labute approximate surface area is 79.8 Å². The van der Waals surface area contributed by atoms with Crippen molar-refractivity contribution < 1.29 is 19.4 Å². The number of nitrogens with two attached hydrogens (primary N) is 1. The van der Waals surface area contributed by atoms with E-state index in [1.165, 1.54) is 12.1 Å². The van der Waals surface area contributed by atoms with Crippen molar-refractivity contribution in [3.8, 4) is 0 Å². The van der Waals surface area contributed by atoms with Crippen molar-refractivity contribution in [2.45, 2.75) is 12.1 Å². The molecule has 0 fully saturated rings. The first-order valence-electron chi connectivity index (χ1n) is 3.94. The van der Waals surface area contributed by atoms with Crippen molar-refractivity contribution in [2.24, 2.45) is 5.73 Å². The number of carboxylic acids is 1. The van der Waals surface area contributed by atoms with Crippen LogP contribution in [0.2, 0.25) is 0 Å². The molecule has 2 unspecified atom stereocenters. The monoisotopic (exact) mass is 199 g/mol. The zero-order valence-electron chi connectivity index (χ0n) is 7.22. The highest BCUT2D eigenvalue weighted by atomic mass is 19.1. The average Bonchev–Trinajstić information content (AvgIpc) is 2.16. The first-order valence-corrected chi connectivity index (χ1v) is 3.94. The molecule has 0 saturated carbocycles. The third-order valence-corrected chi connectivity index (χ3v) is 1.85. The van der Waals surface area contributed by atoms with Crippen molar-refractivity contribution in [3.05, 3.63) is 35.6 Å². The number of aliphatic hydroxyl groups is 1. The summed E-state index contributed by atoms with van der Waals surface area (Å²) in [6.45, 7) is 0. The number of halogens is 1. The molecule has 14 heavy (non-hydrogen) atoms. The van der Waals surface area contributed by atoms with Crippen LogP contribution in [0.15, 0.2) is 24.3 Å². The van der Waals surface area contributed by atoms with Gasteiger partial charge in [-0.2, -0.15) is 0 Å². The van der Waals surface area contributed by atoms with E-state index >= 15 is 0 Å². The SMILES string of the molecule is NC(c1ccc(F)cc1)C(O)C(=O)O. The minimum Gasteiger partial charge on any atom is -0.479 e. The molecule has 1 aromatic carbocycles. The molecule has 4 nitrogen and oxygen atoms in total. The molecular formula is C9H10FNO3. The van der Waals surface area contributed by atoms with Crippen LogP contribution in [-0.2, 0) is 4.79 Å². The van der Waals surface area contributed by atoms with E-state index < -0.39 is 23.9 Å². The van der Waals surface area contributed by atoms with Crippen molar-refractivity contribution in [2.75, 3.05) is 0 Å². The van der Waals surface area contributed by atoms with E-state index in [4.69, 9.17) is 15.9 Å². The molecule has 0 aromatic heterocycles. The summed E-state index contributed by atoms with van der Waals surface area (Å²) in [5.41, 5.74) is 5.81. The molecule has 76 valence electrons. The van der Waals surface area contributed by atoms with Gasteiger partial charge in [-0.25, -0.2) is 9.18 Å². The summed E-state index contributed by atoms with van der Waals surface area (Å²) in [5, 5.41) is 17.6.